The number of hydrogen-bond donors (Lipinski definition) is 1. The first-order valence-electron chi connectivity index (χ1n) is 7.88. The van der Waals surface area contributed by atoms with E-state index in [4.69, 9.17) is 9.26 Å². The van der Waals surface area contributed by atoms with Gasteiger partial charge >= 0.3 is 0 Å². The lowest BCUT2D eigenvalue weighted by molar-refractivity contribution is 0.0948. The molecule has 0 saturated carbocycles. The molecule has 1 heterocycles. The van der Waals surface area contributed by atoms with Crippen LogP contribution < -0.4 is 10.1 Å². The van der Waals surface area contributed by atoms with Crippen molar-refractivity contribution >= 4 is 5.91 Å². The average molecular weight is 377 g/mol. The largest absolute Gasteiger partial charge is 0.497 e. The summed E-state index contributed by atoms with van der Waals surface area (Å²) < 4.78 is 49.9. The van der Waals surface area contributed by atoms with E-state index in [-0.39, 0.29) is 18.9 Å². The van der Waals surface area contributed by atoms with Gasteiger partial charge in [-0.05, 0) is 24.3 Å². The molecular formula is C18H14F3N3O3. The first kappa shape index (κ1) is 18.4. The molecule has 0 bridgehead atoms. The zero-order chi connectivity index (χ0) is 19.4. The second kappa shape index (κ2) is 7.90. The Labute approximate surface area is 152 Å². The molecule has 0 radical (unpaired) electrons. The maximum Gasteiger partial charge on any atom is 0.254 e. The van der Waals surface area contributed by atoms with Crippen LogP contribution in [0, 0.1) is 17.5 Å². The lowest BCUT2D eigenvalue weighted by Gasteiger charge is -2.05. The van der Waals surface area contributed by atoms with Gasteiger partial charge in [0.05, 0.1) is 12.7 Å². The van der Waals surface area contributed by atoms with E-state index in [2.05, 4.69) is 15.5 Å². The molecule has 1 aromatic heterocycles. The van der Waals surface area contributed by atoms with Gasteiger partial charge in [0.15, 0.2) is 17.5 Å². The molecule has 2 aromatic carbocycles. The van der Waals surface area contributed by atoms with E-state index in [0.717, 1.165) is 6.07 Å². The molecule has 0 atom stereocenters. The number of benzene rings is 2. The number of hydrogen-bond acceptors (Lipinski definition) is 5. The summed E-state index contributed by atoms with van der Waals surface area (Å²) in [5, 5.41) is 6.23. The second-order valence-corrected chi connectivity index (χ2v) is 5.47. The van der Waals surface area contributed by atoms with Gasteiger partial charge in [-0.15, -0.1) is 0 Å². The number of rotatable bonds is 6. The van der Waals surface area contributed by atoms with Crippen LogP contribution in [0.5, 0.6) is 5.75 Å². The SMILES string of the molecule is COc1cccc(-c2noc(CCNC(=O)c3ccc(F)c(F)c3F)n2)c1. The Hall–Kier alpha value is -3.36. The summed E-state index contributed by atoms with van der Waals surface area (Å²) in [5.74, 6) is -4.23. The van der Waals surface area contributed by atoms with E-state index in [1.807, 2.05) is 0 Å². The van der Waals surface area contributed by atoms with Crippen molar-refractivity contribution in [3.8, 4) is 17.1 Å². The first-order valence-corrected chi connectivity index (χ1v) is 7.88. The van der Waals surface area contributed by atoms with Gasteiger partial charge in [-0.1, -0.05) is 17.3 Å². The Morgan fingerprint density at radius 3 is 2.78 bits per heavy atom. The third-order valence-electron chi connectivity index (χ3n) is 3.70. The zero-order valence-corrected chi connectivity index (χ0v) is 14.1. The van der Waals surface area contributed by atoms with E-state index in [9.17, 15) is 18.0 Å². The molecule has 0 spiro atoms. The quantitative estimate of drug-likeness (QED) is 0.668. The molecule has 0 aliphatic carbocycles. The number of ether oxygens (including phenoxy) is 1. The highest BCUT2D eigenvalue weighted by atomic mass is 19.2. The second-order valence-electron chi connectivity index (χ2n) is 5.47. The summed E-state index contributed by atoms with van der Waals surface area (Å²) in [5.41, 5.74) is 0.105. The van der Waals surface area contributed by atoms with Crippen molar-refractivity contribution in [2.45, 2.75) is 6.42 Å². The van der Waals surface area contributed by atoms with E-state index >= 15 is 0 Å². The van der Waals surface area contributed by atoms with Crippen LogP contribution in [0.1, 0.15) is 16.2 Å². The fraction of sp³-hybridized carbons (Fsp3) is 0.167. The van der Waals surface area contributed by atoms with Crippen molar-refractivity contribution in [3.05, 3.63) is 65.3 Å². The summed E-state index contributed by atoms with van der Waals surface area (Å²) in [6, 6.07) is 8.63. The highest BCUT2D eigenvalue weighted by Gasteiger charge is 2.18. The van der Waals surface area contributed by atoms with Gasteiger partial charge in [-0.25, -0.2) is 13.2 Å². The normalized spacial score (nSPS) is 10.7. The van der Waals surface area contributed by atoms with Crippen molar-refractivity contribution in [3.63, 3.8) is 0 Å². The number of nitrogens with zero attached hydrogens (tertiary/aromatic N) is 2. The molecule has 0 aliphatic rings. The minimum Gasteiger partial charge on any atom is -0.497 e. The van der Waals surface area contributed by atoms with Crippen molar-refractivity contribution < 1.29 is 27.2 Å². The van der Waals surface area contributed by atoms with Crippen LogP contribution in [0.15, 0.2) is 40.9 Å². The number of aromatic nitrogens is 2. The van der Waals surface area contributed by atoms with E-state index in [0.29, 0.717) is 23.2 Å². The molecular weight excluding hydrogens is 363 g/mol. The zero-order valence-electron chi connectivity index (χ0n) is 14.1. The number of nitrogens with one attached hydrogen (secondary N) is 1. The fourth-order valence-electron chi connectivity index (χ4n) is 2.32. The Morgan fingerprint density at radius 1 is 1.19 bits per heavy atom. The molecule has 27 heavy (non-hydrogen) atoms. The standard InChI is InChI=1S/C18H14F3N3O3/c1-26-11-4-2-3-10(9-11)17-23-14(27-24-17)7-8-22-18(25)12-5-6-13(19)16(21)15(12)20/h2-6,9H,7-8H2,1H3,(H,22,25). The van der Waals surface area contributed by atoms with Gasteiger partial charge in [0.2, 0.25) is 11.7 Å². The van der Waals surface area contributed by atoms with E-state index in [1.54, 1.807) is 31.4 Å². The highest BCUT2D eigenvalue weighted by Crippen LogP contribution is 2.21. The number of amides is 1. The van der Waals surface area contributed by atoms with Gasteiger partial charge in [0, 0.05) is 18.5 Å². The Morgan fingerprint density at radius 2 is 2.00 bits per heavy atom. The van der Waals surface area contributed by atoms with Crippen LogP contribution in [-0.4, -0.2) is 29.7 Å². The molecule has 0 unspecified atom stereocenters. The van der Waals surface area contributed by atoms with Gasteiger partial charge in [-0.2, -0.15) is 4.98 Å². The van der Waals surface area contributed by atoms with E-state index < -0.39 is 28.9 Å². The van der Waals surface area contributed by atoms with Crippen molar-refractivity contribution in [1.29, 1.82) is 0 Å². The lowest BCUT2D eigenvalue weighted by Crippen LogP contribution is -2.27. The fourth-order valence-corrected chi connectivity index (χ4v) is 2.32. The molecule has 1 N–H and O–H groups in total. The molecule has 140 valence electrons. The molecule has 1 amide bonds. The van der Waals surface area contributed by atoms with E-state index in [1.165, 1.54) is 0 Å². The van der Waals surface area contributed by atoms with Crippen LogP contribution >= 0.6 is 0 Å². The van der Waals surface area contributed by atoms with Gasteiger partial charge in [-0.3, -0.25) is 4.79 Å². The lowest BCUT2D eigenvalue weighted by atomic mass is 10.2. The highest BCUT2D eigenvalue weighted by molar-refractivity contribution is 5.94. The van der Waals surface area contributed by atoms with Crippen LogP contribution in [0.2, 0.25) is 0 Å². The molecule has 3 rings (SSSR count). The monoisotopic (exact) mass is 377 g/mol. The maximum atomic E-state index is 13.6. The Bertz CT molecular complexity index is 975. The number of halogens is 3. The minimum absolute atomic E-state index is 0.0387. The number of methoxy groups -OCH3 is 1. The number of carbonyl (C=O) groups excluding carboxylic acids is 1. The van der Waals surface area contributed by atoms with Crippen LogP contribution in [0.3, 0.4) is 0 Å². The van der Waals surface area contributed by atoms with Gasteiger partial charge < -0.3 is 14.6 Å². The van der Waals surface area contributed by atoms with Crippen LogP contribution in [-0.2, 0) is 6.42 Å². The summed E-state index contributed by atoms with van der Waals surface area (Å²) in [7, 11) is 1.54. The summed E-state index contributed by atoms with van der Waals surface area (Å²) in [4.78, 5) is 16.1. The van der Waals surface area contributed by atoms with Gasteiger partial charge in [0.25, 0.3) is 5.91 Å². The number of carbonyl (C=O) groups is 1. The summed E-state index contributed by atoms with van der Waals surface area (Å²) in [6.45, 7) is 0.0387. The molecule has 9 heteroatoms. The topological polar surface area (TPSA) is 77.3 Å². The Balaban J connectivity index is 1.61. The molecule has 0 saturated heterocycles. The minimum atomic E-state index is -1.69. The third kappa shape index (κ3) is 4.08. The van der Waals surface area contributed by atoms with Crippen molar-refractivity contribution in [1.82, 2.24) is 15.5 Å². The van der Waals surface area contributed by atoms with Crippen LogP contribution in [0.25, 0.3) is 11.4 Å². The molecule has 6 nitrogen and oxygen atoms in total. The smallest absolute Gasteiger partial charge is 0.254 e. The van der Waals surface area contributed by atoms with Crippen molar-refractivity contribution in [2.24, 2.45) is 0 Å². The van der Waals surface area contributed by atoms with Crippen molar-refractivity contribution in [2.75, 3.05) is 13.7 Å². The first-order chi connectivity index (χ1) is 13.0. The molecule has 0 aliphatic heterocycles. The summed E-state index contributed by atoms with van der Waals surface area (Å²) in [6.07, 6.45) is 0.175. The average Bonchev–Trinajstić information content (AvgIpc) is 3.15. The maximum absolute atomic E-state index is 13.6. The Kier molecular flexibility index (Phi) is 5.39. The predicted octanol–water partition coefficient (Wildman–Crippen LogP) is 3.14. The third-order valence-corrected chi connectivity index (χ3v) is 3.70. The molecule has 0 fully saturated rings. The van der Waals surface area contributed by atoms with Crippen LogP contribution in [0.4, 0.5) is 13.2 Å². The predicted molar refractivity (Wildman–Crippen MR) is 88.6 cm³/mol. The van der Waals surface area contributed by atoms with Gasteiger partial charge in [0.1, 0.15) is 5.75 Å². The summed E-state index contributed by atoms with van der Waals surface area (Å²) >= 11 is 0. The molecule has 3 aromatic rings.